The van der Waals surface area contributed by atoms with E-state index < -0.39 is 16.1 Å². The second-order valence-corrected chi connectivity index (χ2v) is 9.02. The second-order valence-electron chi connectivity index (χ2n) is 7.08. The molecule has 8 nitrogen and oxygen atoms in total. The molecular weight excluding hydrogens is 368 g/mol. The van der Waals surface area contributed by atoms with E-state index in [0.717, 1.165) is 11.1 Å². The van der Waals surface area contributed by atoms with Crippen LogP contribution in [0.25, 0.3) is 0 Å². The molecular formula is C18H26N4O4S. The number of nitrogens with one attached hydrogen (secondary N) is 1. The van der Waals surface area contributed by atoms with Crippen molar-refractivity contribution in [1.29, 1.82) is 0 Å². The molecule has 0 saturated carbocycles. The summed E-state index contributed by atoms with van der Waals surface area (Å²) >= 11 is 0. The highest BCUT2D eigenvalue weighted by atomic mass is 32.2. The zero-order chi connectivity index (χ0) is 19.8. The standard InChI is InChI=1S/C18H26N4O4S/c1-13-4-5-16(12-14(13)2)27(25,26)21-10-8-20(9-11-21)15(3)17(23)22-7-6-19-18(22)24/h4-5,12,15H,6-11H2,1-3H3,(H,19,24)/t15-/m0/s1. The molecule has 1 atom stereocenters. The van der Waals surface area contributed by atoms with Crippen molar-refractivity contribution in [1.82, 2.24) is 19.4 Å². The predicted molar refractivity (Wildman–Crippen MR) is 101 cm³/mol. The normalized spacial score (nSPS) is 20.6. The Morgan fingerprint density at radius 2 is 1.74 bits per heavy atom. The fraction of sp³-hybridized carbons (Fsp3) is 0.556. The summed E-state index contributed by atoms with van der Waals surface area (Å²) in [6.45, 7) is 8.00. The van der Waals surface area contributed by atoms with E-state index >= 15 is 0 Å². The molecule has 1 aromatic rings. The first kappa shape index (κ1) is 19.8. The van der Waals surface area contributed by atoms with E-state index in [2.05, 4.69) is 5.32 Å². The zero-order valence-electron chi connectivity index (χ0n) is 15.9. The summed E-state index contributed by atoms with van der Waals surface area (Å²) in [6, 6.07) is 4.35. The molecule has 2 aliphatic heterocycles. The van der Waals surface area contributed by atoms with Crippen LogP contribution in [0.4, 0.5) is 4.79 Å². The molecule has 2 heterocycles. The van der Waals surface area contributed by atoms with Gasteiger partial charge in [-0.3, -0.25) is 14.6 Å². The van der Waals surface area contributed by atoms with E-state index in [1.54, 1.807) is 19.1 Å². The Bertz CT molecular complexity index is 847. The highest BCUT2D eigenvalue weighted by Gasteiger charge is 2.36. The van der Waals surface area contributed by atoms with Crippen LogP contribution in [0.3, 0.4) is 0 Å². The van der Waals surface area contributed by atoms with Gasteiger partial charge in [0.15, 0.2) is 0 Å². The molecule has 3 rings (SSSR count). The number of urea groups is 1. The zero-order valence-corrected chi connectivity index (χ0v) is 16.8. The van der Waals surface area contributed by atoms with Crippen LogP contribution in [-0.4, -0.2) is 79.8 Å². The van der Waals surface area contributed by atoms with Gasteiger partial charge < -0.3 is 5.32 Å². The number of amides is 3. The fourth-order valence-corrected chi connectivity index (χ4v) is 4.93. The van der Waals surface area contributed by atoms with Gasteiger partial charge in [-0.25, -0.2) is 13.2 Å². The lowest BCUT2D eigenvalue weighted by Crippen LogP contribution is -2.55. The molecule has 0 unspecified atom stereocenters. The van der Waals surface area contributed by atoms with Crippen molar-refractivity contribution in [2.24, 2.45) is 0 Å². The molecule has 0 radical (unpaired) electrons. The summed E-state index contributed by atoms with van der Waals surface area (Å²) in [5.74, 6) is -0.240. The van der Waals surface area contributed by atoms with Crippen LogP contribution in [0.2, 0.25) is 0 Å². The number of carbonyl (C=O) groups is 2. The van der Waals surface area contributed by atoms with Crippen molar-refractivity contribution in [2.45, 2.75) is 31.7 Å². The van der Waals surface area contributed by atoms with E-state index in [4.69, 9.17) is 0 Å². The monoisotopic (exact) mass is 394 g/mol. The maximum Gasteiger partial charge on any atom is 0.324 e. The molecule has 148 valence electrons. The number of hydrogen-bond acceptors (Lipinski definition) is 5. The Kier molecular flexibility index (Phi) is 5.55. The number of nitrogens with zero attached hydrogens (tertiary/aromatic N) is 3. The van der Waals surface area contributed by atoms with Crippen molar-refractivity contribution in [3.05, 3.63) is 29.3 Å². The molecule has 1 N–H and O–H groups in total. The number of carbonyl (C=O) groups excluding carboxylic acids is 2. The molecule has 2 fully saturated rings. The van der Waals surface area contributed by atoms with Crippen LogP contribution in [0.1, 0.15) is 18.1 Å². The van der Waals surface area contributed by atoms with Crippen LogP contribution in [0, 0.1) is 13.8 Å². The average molecular weight is 394 g/mol. The largest absolute Gasteiger partial charge is 0.336 e. The van der Waals surface area contributed by atoms with Gasteiger partial charge in [-0.1, -0.05) is 6.07 Å². The number of rotatable bonds is 4. The Hall–Kier alpha value is -1.97. The first-order chi connectivity index (χ1) is 12.7. The summed E-state index contributed by atoms with van der Waals surface area (Å²) < 4.78 is 27.3. The van der Waals surface area contributed by atoms with E-state index in [1.165, 1.54) is 9.21 Å². The van der Waals surface area contributed by atoms with Gasteiger partial charge in [0.25, 0.3) is 0 Å². The van der Waals surface area contributed by atoms with Crippen molar-refractivity contribution in [3.8, 4) is 0 Å². The summed E-state index contributed by atoms with van der Waals surface area (Å²) in [6.07, 6.45) is 0. The number of benzene rings is 1. The van der Waals surface area contributed by atoms with Gasteiger partial charge in [0.2, 0.25) is 15.9 Å². The summed E-state index contributed by atoms with van der Waals surface area (Å²) in [4.78, 5) is 27.7. The smallest absolute Gasteiger partial charge is 0.324 e. The van der Waals surface area contributed by atoms with Gasteiger partial charge in [-0.15, -0.1) is 0 Å². The van der Waals surface area contributed by atoms with E-state index in [9.17, 15) is 18.0 Å². The second kappa shape index (κ2) is 7.57. The minimum atomic E-state index is -3.55. The quantitative estimate of drug-likeness (QED) is 0.806. The van der Waals surface area contributed by atoms with Crippen LogP contribution in [-0.2, 0) is 14.8 Å². The lowest BCUT2D eigenvalue weighted by molar-refractivity contribution is -0.133. The van der Waals surface area contributed by atoms with Gasteiger partial charge in [-0.05, 0) is 44.0 Å². The third-order valence-corrected chi connectivity index (χ3v) is 7.31. The Morgan fingerprint density at radius 1 is 1.07 bits per heavy atom. The van der Waals surface area contributed by atoms with Gasteiger partial charge >= 0.3 is 6.03 Å². The third-order valence-electron chi connectivity index (χ3n) is 5.42. The molecule has 0 aromatic heterocycles. The van der Waals surface area contributed by atoms with Gasteiger partial charge in [-0.2, -0.15) is 4.31 Å². The Balaban J connectivity index is 1.65. The van der Waals surface area contributed by atoms with E-state index in [0.29, 0.717) is 44.2 Å². The summed E-state index contributed by atoms with van der Waals surface area (Å²) in [5, 5.41) is 2.62. The maximum absolute atomic E-state index is 12.9. The topological polar surface area (TPSA) is 90.0 Å². The summed E-state index contributed by atoms with van der Waals surface area (Å²) in [5.41, 5.74) is 2.00. The molecule has 9 heteroatoms. The summed E-state index contributed by atoms with van der Waals surface area (Å²) in [7, 11) is -3.55. The molecule has 0 spiro atoms. The van der Waals surface area contributed by atoms with Gasteiger partial charge in [0.05, 0.1) is 10.9 Å². The lowest BCUT2D eigenvalue weighted by atomic mass is 10.1. The molecule has 27 heavy (non-hydrogen) atoms. The van der Waals surface area contributed by atoms with Crippen molar-refractivity contribution in [2.75, 3.05) is 39.3 Å². The van der Waals surface area contributed by atoms with Crippen molar-refractivity contribution in [3.63, 3.8) is 0 Å². The molecule has 3 amide bonds. The Morgan fingerprint density at radius 3 is 2.30 bits per heavy atom. The van der Waals surface area contributed by atoms with Gasteiger partial charge in [0.1, 0.15) is 0 Å². The highest BCUT2D eigenvalue weighted by molar-refractivity contribution is 7.89. The molecule has 0 bridgehead atoms. The molecule has 2 aliphatic rings. The maximum atomic E-state index is 12.9. The molecule has 1 aromatic carbocycles. The SMILES string of the molecule is Cc1ccc(S(=O)(=O)N2CCN([C@@H](C)C(=O)N3CCNC3=O)CC2)cc1C. The molecule has 0 aliphatic carbocycles. The van der Waals surface area contributed by atoms with Crippen molar-refractivity contribution >= 4 is 22.0 Å². The third kappa shape index (κ3) is 3.85. The fourth-order valence-electron chi connectivity index (χ4n) is 3.42. The van der Waals surface area contributed by atoms with Crippen molar-refractivity contribution < 1.29 is 18.0 Å². The predicted octanol–water partition coefficient (Wildman–Crippen LogP) is 0.550. The number of hydrogen-bond donors (Lipinski definition) is 1. The van der Waals surface area contributed by atoms with E-state index in [1.807, 2.05) is 24.8 Å². The van der Waals surface area contributed by atoms with Crippen LogP contribution in [0.15, 0.2) is 23.1 Å². The minimum absolute atomic E-state index is 0.240. The van der Waals surface area contributed by atoms with Gasteiger partial charge in [0, 0.05) is 39.3 Å². The average Bonchev–Trinajstić information content (AvgIpc) is 3.08. The minimum Gasteiger partial charge on any atom is -0.336 e. The molecule has 2 saturated heterocycles. The lowest BCUT2D eigenvalue weighted by Gasteiger charge is -2.37. The number of imide groups is 1. The van der Waals surface area contributed by atoms with E-state index in [-0.39, 0.29) is 11.9 Å². The number of piperazine rings is 1. The van der Waals surface area contributed by atoms with Crippen LogP contribution in [0.5, 0.6) is 0 Å². The van der Waals surface area contributed by atoms with Crippen LogP contribution >= 0.6 is 0 Å². The first-order valence-electron chi connectivity index (χ1n) is 9.12. The van der Waals surface area contributed by atoms with Crippen LogP contribution < -0.4 is 5.32 Å². The highest BCUT2D eigenvalue weighted by Crippen LogP contribution is 2.21. The first-order valence-corrected chi connectivity index (χ1v) is 10.6. The Labute approximate surface area is 160 Å². The number of sulfonamides is 1. The number of aryl methyl sites for hydroxylation is 2.